The molecule has 0 amide bonds. The van der Waals surface area contributed by atoms with Gasteiger partial charge in [0.25, 0.3) is 0 Å². The molecule has 0 fully saturated rings. The quantitative estimate of drug-likeness (QED) is 0.427. The Bertz CT molecular complexity index is 1050. The molecule has 8 heteroatoms. The van der Waals surface area contributed by atoms with Gasteiger partial charge < -0.3 is 19.3 Å². The van der Waals surface area contributed by atoms with Crippen LogP contribution in [0.1, 0.15) is 21.5 Å². The molecule has 0 spiro atoms. The van der Waals surface area contributed by atoms with E-state index < -0.39 is 11.7 Å². The van der Waals surface area contributed by atoms with Crippen molar-refractivity contribution in [3.63, 3.8) is 0 Å². The minimum absolute atomic E-state index is 0.0498. The molecule has 0 aliphatic carbocycles. The van der Waals surface area contributed by atoms with Crippen molar-refractivity contribution in [2.45, 2.75) is 13.2 Å². The Hall–Kier alpha value is -3.65. The molecule has 0 radical (unpaired) electrons. The normalized spacial score (nSPS) is 10.6. The summed E-state index contributed by atoms with van der Waals surface area (Å²) in [5, 5.41) is 9.64. The number of methoxy groups -OCH3 is 1. The fraction of sp³-hybridized carbons (Fsp3) is 0.227. The van der Waals surface area contributed by atoms with Crippen molar-refractivity contribution in [1.29, 1.82) is 0 Å². The van der Waals surface area contributed by atoms with Crippen LogP contribution in [-0.2, 0) is 22.6 Å². The monoisotopic (exact) mass is 410 g/mol. The number of rotatable bonds is 9. The van der Waals surface area contributed by atoms with Crippen molar-refractivity contribution < 1.29 is 24.1 Å². The molecule has 0 aliphatic rings. The molecule has 3 rings (SSSR count). The Labute approximate surface area is 173 Å². The summed E-state index contributed by atoms with van der Waals surface area (Å²) >= 11 is 0. The maximum absolute atomic E-state index is 12.2. The molecule has 0 saturated carbocycles. The van der Waals surface area contributed by atoms with Gasteiger partial charge in [-0.3, -0.25) is 4.57 Å². The smallest absolute Gasteiger partial charge is 0.352 e. The first kappa shape index (κ1) is 21.1. The largest absolute Gasteiger partial charge is 0.508 e. The molecule has 1 N–H and O–H groups in total. The Morgan fingerprint density at radius 3 is 2.63 bits per heavy atom. The van der Waals surface area contributed by atoms with Gasteiger partial charge in [-0.15, -0.1) is 0 Å². The van der Waals surface area contributed by atoms with Gasteiger partial charge in [0.15, 0.2) is 0 Å². The lowest BCUT2D eigenvalue weighted by Gasteiger charge is -2.12. The molecule has 0 unspecified atom stereocenters. The number of aromatic hydroxyl groups is 1. The van der Waals surface area contributed by atoms with Gasteiger partial charge in [0.2, 0.25) is 5.88 Å². The molecule has 0 atom stereocenters. The molecular formula is C22H22N2O6. The number of phenolic OH excluding ortho intramolecular Hbond substituents is 1. The third-order valence-electron chi connectivity index (χ3n) is 4.23. The first-order valence-corrected chi connectivity index (χ1v) is 9.29. The Kier molecular flexibility index (Phi) is 7.18. The summed E-state index contributed by atoms with van der Waals surface area (Å²) < 4.78 is 17.1. The van der Waals surface area contributed by atoms with Crippen LogP contribution in [0.25, 0.3) is 0 Å². The summed E-state index contributed by atoms with van der Waals surface area (Å²) in [6.07, 6.45) is 2.02. The highest BCUT2D eigenvalue weighted by atomic mass is 16.6. The molecule has 30 heavy (non-hydrogen) atoms. The topological polar surface area (TPSA) is 99.9 Å². The van der Waals surface area contributed by atoms with Crippen molar-refractivity contribution in [3.8, 4) is 11.6 Å². The van der Waals surface area contributed by atoms with Gasteiger partial charge in [-0.05, 0) is 29.8 Å². The number of carbonyl (C=O) groups excluding carboxylic acids is 1. The lowest BCUT2D eigenvalue weighted by Crippen LogP contribution is -2.26. The molecule has 8 nitrogen and oxygen atoms in total. The van der Waals surface area contributed by atoms with E-state index in [1.54, 1.807) is 48.7 Å². The number of esters is 1. The summed E-state index contributed by atoms with van der Waals surface area (Å²) in [5.74, 6) is -0.0617. The number of nitrogens with zero attached hydrogens (tertiary/aromatic N) is 2. The van der Waals surface area contributed by atoms with E-state index >= 15 is 0 Å². The van der Waals surface area contributed by atoms with Crippen molar-refractivity contribution in [2.24, 2.45) is 0 Å². The maximum atomic E-state index is 12.2. The second-order valence-electron chi connectivity index (χ2n) is 6.41. The highest BCUT2D eigenvalue weighted by Gasteiger charge is 2.11. The summed E-state index contributed by atoms with van der Waals surface area (Å²) in [6.45, 7) is 0.132. The van der Waals surface area contributed by atoms with Crippen LogP contribution in [0.5, 0.6) is 11.6 Å². The van der Waals surface area contributed by atoms with Crippen molar-refractivity contribution >= 4 is 5.97 Å². The summed E-state index contributed by atoms with van der Waals surface area (Å²) in [6, 6.07) is 15.5. The number of benzene rings is 2. The SMILES string of the molecule is COc1nc(=O)n(COCCOC(=O)c2ccccc2)cc1Cc1cccc(O)c1. The minimum atomic E-state index is -0.521. The van der Waals surface area contributed by atoms with Gasteiger partial charge in [0.05, 0.1) is 19.3 Å². The van der Waals surface area contributed by atoms with E-state index in [1.807, 2.05) is 12.1 Å². The molecule has 1 aromatic heterocycles. The average Bonchev–Trinajstić information content (AvgIpc) is 2.75. The Balaban J connectivity index is 1.57. The predicted octanol–water partition coefficient (Wildman–Crippen LogP) is 2.38. The fourth-order valence-corrected chi connectivity index (χ4v) is 2.81. The van der Waals surface area contributed by atoms with E-state index in [0.717, 1.165) is 5.56 Å². The van der Waals surface area contributed by atoms with Crippen molar-refractivity contribution in [2.75, 3.05) is 20.3 Å². The van der Waals surface area contributed by atoms with E-state index in [2.05, 4.69) is 4.98 Å². The Morgan fingerprint density at radius 1 is 1.10 bits per heavy atom. The van der Waals surface area contributed by atoms with Crippen molar-refractivity contribution in [1.82, 2.24) is 9.55 Å². The van der Waals surface area contributed by atoms with Gasteiger partial charge in [0, 0.05) is 18.2 Å². The third-order valence-corrected chi connectivity index (χ3v) is 4.23. The number of phenols is 1. The first-order chi connectivity index (χ1) is 14.6. The lowest BCUT2D eigenvalue weighted by molar-refractivity contribution is 0.0162. The summed E-state index contributed by atoms with van der Waals surface area (Å²) in [5.41, 5.74) is 1.45. The van der Waals surface area contributed by atoms with E-state index in [4.69, 9.17) is 14.2 Å². The van der Waals surface area contributed by atoms with Gasteiger partial charge in [-0.2, -0.15) is 4.98 Å². The molecule has 0 aliphatic heterocycles. The highest BCUT2D eigenvalue weighted by Crippen LogP contribution is 2.19. The zero-order valence-electron chi connectivity index (χ0n) is 16.5. The standard InChI is InChI=1S/C22H22N2O6/c1-28-20-18(12-16-6-5-9-19(25)13-16)14-24(22(27)23-20)15-29-10-11-30-21(26)17-7-3-2-4-8-17/h2-9,13-14,25H,10-12,15H2,1H3. The van der Waals surface area contributed by atoms with Gasteiger partial charge in [0.1, 0.15) is 19.1 Å². The van der Waals surface area contributed by atoms with Crippen LogP contribution in [0.15, 0.2) is 65.6 Å². The molecule has 3 aromatic rings. The lowest BCUT2D eigenvalue weighted by atomic mass is 10.1. The molecule has 1 heterocycles. The fourth-order valence-electron chi connectivity index (χ4n) is 2.81. The number of hydrogen-bond acceptors (Lipinski definition) is 7. The second kappa shape index (κ2) is 10.2. The van der Waals surface area contributed by atoms with Crippen LogP contribution in [0, 0.1) is 0 Å². The van der Waals surface area contributed by atoms with Crippen LogP contribution in [0.3, 0.4) is 0 Å². The zero-order valence-corrected chi connectivity index (χ0v) is 16.5. The van der Waals surface area contributed by atoms with Gasteiger partial charge in [-0.1, -0.05) is 30.3 Å². The maximum Gasteiger partial charge on any atom is 0.352 e. The summed E-state index contributed by atoms with van der Waals surface area (Å²) in [7, 11) is 1.44. The number of hydrogen-bond donors (Lipinski definition) is 1. The van der Waals surface area contributed by atoms with Crippen LogP contribution in [-0.4, -0.2) is 41.0 Å². The molecule has 0 bridgehead atoms. The van der Waals surface area contributed by atoms with Crippen LogP contribution in [0.4, 0.5) is 0 Å². The van der Waals surface area contributed by atoms with Crippen LogP contribution < -0.4 is 10.4 Å². The third kappa shape index (κ3) is 5.68. The first-order valence-electron chi connectivity index (χ1n) is 9.29. The van der Waals surface area contributed by atoms with Crippen molar-refractivity contribution in [3.05, 3.63) is 88.0 Å². The number of ether oxygens (including phenoxy) is 3. The van der Waals surface area contributed by atoms with Crippen LogP contribution in [0.2, 0.25) is 0 Å². The summed E-state index contributed by atoms with van der Waals surface area (Å²) in [4.78, 5) is 28.0. The zero-order chi connectivity index (χ0) is 21.3. The number of carbonyl (C=O) groups is 1. The van der Waals surface area contributed by atoms with E-state index in [9.17, 15) is 14.7 Å². The predicted molar refractivity (Wildman–Crippen MR) is 109 cm³/mol. The molecule has 2 aromatic carbocycles. The van der Waals surface area contributed by atoms with E-state index in [1.165, 1.54) is 11.7 Å². The second-order valence-corrected chi connectivity index (χ2v) is 6.41. The van der Waals surface area contributed by atoms with Crippen LogP contribution >= 0.6 is 0 Å². The minimum Gasteiger partial charge on any atom is -0.508 e. The van der Waals surface area contributed by atoms with E-state index in [-0.39, 0.29) is 31.6 Å². The average molecular weight is 410 g/mol. The highest BCUT2D eigenvalue weighted by molar-refractivity contribution is 5.89. The molecule has 0 saturated heterocycles. The molecular weight excluding hydrogens is 388 g/mol. The van der Waals surface area contributed by atoms with Gasteiger partial charge in [-0.25, -0.2) is 9.59 Å². The molecule has 156 valence electrons. The Morgan fingerprint density at radius 2 is 1.90 bits per heavy atom. The van der Waals surface area contributed by atoms with Gasteiger partial charge >= 0.3 is 11.7 Å². The number of aromatic nitrogens is 2. The van der Waals surface area contributed by atoms with E-state index in [0.29, 0.717) is 17.5 Å².